The molecule has 1 aliphatic heterocycles. The summed E-state index contributed by atoms with van der Waals surface area (Å²) in [5.74, 6) is -0.902. The predicted molar refractivity (Wildman–Crippen MR) is 70.9 cm³/mol. The van der Waals surface area contributed by atoms with Gasteiger partial charge in [-0.25, -0.2) is 4.79 Å². The molecule has 6 nitrogen and oxygen atoms in total. The molecule has 0 bridgehead atoms. The number of hydrogen-bond acceptors (Lipinski definition) is 3. The van der Waals surface area contributed by atoms with Crippen molar-refractivity contribution in [2.45, 2.75) is 57.6 Å². The average Bonchev–Trinajstić information content (AvgIpc) is 2.28. The topological polar surface area (TPSA) is 89.9 Å². The lowest BCUT2D eigenvalue weighted by atomic mass is 9.94. The van der Waals surface area contributed by atoms with Crippen molar-refractivity contribution >= 4 is 12.0 Å². The Hall–Kier alpha value is -1.30. The van der Waals surface area contributed by atoms with Crippen molar-refractivity contribution in [1.29, 1.82) is 0 Å². The quantitative estimate of drug-likeness (QED) is 0.701. The van der Waals surface area contributed by atoms with Gasteiger partial charge in [-0.2, -0.15) is 0 Å². The Bertz CT molecular complexity index is 321. The molecule has 0 aromatic rings. The van der Waals surface area contributed by atoms with Crippen LogP contribution in [0.25, 0.3) is 0 Å². The number of aliphatic carboxylic acids is 1. The van der Waals surface area contributed by atoms with Crippen LogP contribution in [0, 0.1) is 0 Å². The van der Waals surface area contributed by atoms with Gasteiger partial charge in [0.1, 0.15) is 0 Å². The number of carbonyl (C=O) groups is 2. The molecule has 0 aromatic carbocycles. The molecule has 1 aliphatic rings. The summed E-state index contributed by atoms with van der Waals surface area (Å²) in [5, 5.41) is 21.4. The lowest BCUT2D eigenvalue weighted by molar-refractivity contribution is -0.137. The highest BCUT2D eigenvalue weighted by molar-refractivity contribution is 5.76. The van der Waals surface area contributed by atoms with Crippen LogP contribution in [-0.4, -0.2) is 51.8 Å². The second-order valence-electron chi connectivity index (χ2n) is 5.52. The summed E-state index contributed by atoms with van der Waals surface area (Å²) in [5.41, 5.74) is -0.694. The van der Waals surface area contributed by atoms with Crippen LogP contribution >= 0.6 is 0 Å². The maximum absolute atomic E-state index is 12.0. The highest BCUT2D eigenvalue weighted by atomic mass is 16.4. The SMILES string of the molecule is CCCC(CC(=O)O)NC(=O)N1CCC(C)(O)CC1. The molecule has 0 saturated carbocycles. The third-order valence-corrected chi connectivity index (χ3v) is 3.51. The second-order valence-corrected chi connectivity index (χ2v) is 5.52. The van der Waals surface area contributed by atoms with E-state index in [1.54, 1.807) is 11.8 Å². The summed E-state index contributed by atoms with van der Waals surface area (Å²) in [6.45, 7) is 4.74. The van der Waals surface area contributed by atoms with Crippen molar-refractivity contribution < 1.29 is 19.8 Å². The highest BCUT2D eigenvalue weighted by Gasteiger charge is 2.30. The Morgan fingerprint density at radius 2 is 1.95 bits per heavy atom. The minimum Gasteiger partial charge on any atom is -0.481 e. The number of piperidine rings is 1. The fourth-order valence-electron chi connectivity index (χ4n) is 2.24. The third-order valence-electron chi connectivity index (χ3n) is 3.51. The smallest absolute Gasteiger partial charge is 0.317 e. The first kappa shape index (κ1) is 15.8. The standard InChI is InChI=1S/C13H24N2O4/c1-3-4-10(9-11(16)17)14-12(18)15-7-5-13(2,19)6-8-15/h10,19H,3-9H2,1-2H3,(H,14,18)(H,16,17). The van der Waals surface area contributed by atoms with Gasteiger partial charge in [-0.1, -0.05) is 13.3 Å². The van der Waals surface area contributed by atoms with Gasteiger partial charge >= 0.3 is 12.0 Å². The number of carbonyl (C=O) groups excluding carboxylic acids is 1. The van der Waals surface area contributed by atoms with E-state index >= 15 is 0 Å². The van der Waals surface area contributed by atoms with E-state index in [0.717, 1.165) is 6.42 Å². The average molecular weight is 272 g/mol. The number of nitrogens with zero attached hydrogens (tertiary/aromatic N) is 1. The summed E-state index contributed by atoms with van der Waals surface area (Å²) in [6.07, 6.45) is 2.54. The molecule has 0 spiro atoms. The van der Waals surface area contributed by atoms with Gasteiger partial charge in [0.05, 0.1) is 12.0 Å². The van der Waals surface area contributed by atoms with Crippen molar-refractivity contribution in [3.8, 4) is 0 Å². The minimum absolute atomic E-state index is 0.0505. The fourth-order valence-corrected chi connectivity index (χ4v) is 2.24. The van der Waals surface area contributed by atoms with E-state index in [4.69, 9.17) is 5.11 Å². The molecule has 0 aromatic heterocycles. The van der Waals surface area contributed by atoms with Crippen molar-refractivity contribution in [2.24, 2.45) is 0 Å². The highest BCUT2D eigenvalue weighted by Crippen LogP contribution is 2.21. The first-order valence-electron chi connectivity index (χ1n) is 6.83. The monoisotopic (exact) mass is 272 g/mol. The molecule has 1 fully saturated rings. The molecule has 3 N–H and O–H groups in total. The van der Waals surface area contributed by atoms with Crippen LogP contribution in [0.4, 0.5) is 4.79 Å². The normalized spacial score (nSPS) is 19.8. The second kappa shape index (κ2) is 6.75. The van der Waals surface area contributed by atoms with E-state index < -0.39 is 11.6 Å². The van der Waals surface area contributed by atoms with Crippen LogP contribution in [0.5, 0.6) is 0 Å². The van der Waals surface area contributed by atoms with Crippen LogP contribution in [-0.2, 0) is 4.79 Å². The molecule has 2 amide bonds. The van der Waals surface area contributed by atoms with E-state index in [9.17, 15) is 14.7 Å². The zero-order chi connectivity index (χ0) is 14.5. The first-order chi connectivity index (χ1) is 8.84. The maximum Gasteiger partial charge on any atom is 0.317 e. The van der Waals surface area contributed by atoms with Gasteiger partial charge in [-0.15, -0.1) is 0 Å². The van der Waals surface area contributed by atoms with E-state index in [0.29, 0.717) is 32.4 Å². The van der Waals surface area contributed by atoms with Crippen molar-refractivity contribution in [3.63, 3.8) is 0 Å². The molecule has 0 aliphatic carbocycles. The number of aliphatic hydroxyl groups is 1. The van der Waals surface area contributed by atoms with E-state index in [1.165, 1.54) is 0 Å². The largest absolute Gasteiger partial charge is 0.481 e. The van der Waals surface area contributed by atoms with E-state index in [-0.39, 0.29) is 18.5 Å². The minimum atomic E-state index is -0.902. The molecule has 1 atom stereocenters. The number of likely N-dealkylation sites (tertiary alicyclic amines) is 1. The predicted octanol–water partition coefficient (Wildman–Crippen LogP) is 1.19. The Morgan fingerprint density at radius 1 is 1.37 bits per heavy atom. The maximum atomic E-state index is 12.0. The van der Waals surface area contributed by atoms with Crippen molar-refractivity contribution in [2.75, 3.05) is 13.1 Å². The van der Waals surface area contributed by atoms with Gasteiger partial charge in [-0.05, 0) is 26.2 Å². The summed E-state index contributed by atoms with van der Waals surface area (Å²) >= 11 is 0. The number of nitrogens with one attached hydrogen (secondary N) is 1. The number of urea groups is 1. The Labute approximate surface area is 113 Å². The molecule has 1 unspecified atom stereocenters. The molecular formula is C13H24N2O4. The van der Waals surface area contributed by atoms with Gasteiger partial charge in [0, 0.05) is 19.1 Å². The van der Waals surface area contributed by atoms with Gasteiger partial charge in [0.15, 0.2) is 0 Å². The van der Waals surface area contributed by atoms with Gasteiger partial charge < -0.3 is 20.4 Å². The molecule has 1 heterocycles. The Kier molecular flexibility index (Phi) is 5.60. The molecule has 1 rings (SSSR count). The van der Waals surface area contributed by atoms with Gasteiger partial charge in [-0.3, -0.25) is 4.79 Å². The fraction of sp³-hybridized carbons (Fsp3) is 0.846. The number of hydrogen-bond donors (Lipinski definition) is 3. The van der Waals surface area contributed by atoms with Crippen molar-refractivity contribution in [3.05, 3.63) is 0 Å². The molecular weight excluding hydrogens is 248 g/mol. The summed E-state index contributed by atoms with van der Waals surface area (Å²) in [6, 6.07) is -0.548. The number of rotatable bonds is 5. The molecule has 1 saturated heterocycles. The van der Waals surface area contributed by atoms with Crippen LogP contribution in [0.3, 0.4) is 0 Å². The zero-order valence-electron chi connectivity index (χ0n) is 11.7. The molecule has 0 radical (unpaired) electrons. The van der Waals surface area contributed by atoms with Crippen LogP contribution in [0.1, 0.15) is 46.0 Å². The summed E-state index contributed by atoms with van der Waals surface area (Å²) in [4.78, 5) is 24.4. The summed E-state index contributed by atoms with van der Waals surface area (Å²) in [7, 11) is 0. The van der Waals surface area contributed by atoms with Gasteiger partial charge in [0.25, 0.3) is 0 Å². The lowest BCUT2D eigenvalue weighted by Crippen LogP contribution is -2.51. The zero-order valence-corrected chi connectivity index (χ0v) is 11.7. The van der Waals surface area contributed by atoms with E-state index in [2.05, 4.69) is 5.32 Å². The third kappa shape index (κ3) is 5.46. The number of amides is 2. The molecule has 19 heavy (non-hydrogen) atoms. The number of carboxylic acids is 1. The Balaban J connectivity index is 2.46. The van der Waals surface area contributed by atoms with Crippen LogP contribution in [0.2, 0.25) is 0 Å². The van der Waals surface area contributed by atoms with Crippen LogP contribution < -0.4 is 5.32 Å². The van der Waals surface area contributed by atoms with Crippen molar-refractivity contribution in [1.82, 2.24) is 10.2 Å². The molecule has 6 heteroatoms. The van der Waals surface area contributed by atoms with Crippen LogP contribution in [0.15, 0.2) is 0 Å². The first-order valence-corrected chi connectivity index (χ1v) is 6.83. The van der Waals surface area contributed by atoms with E-state index in [1.807, 2.05) is 6.92 Å². The lowest BCUT2D eigenvalue weighted by Gasteiger charge is -2.36. The van der Waals surface area contributed by atoms with Gasteiger partial charge in [0.2, 0.25) is 0 Å². The summed E-state index contributed by atoms with van der Waals surface area (Å²) < 4.78 is 0. The molecule has 110 valence electrons. The Morgan fingerprint density at radius 3 is 2.42 bits per heavy atom. The number of carboxylic acid groups (broad SMARTS) is 1.